The van der Waals surface area contributed by atoms with Crippen molar-refractivity contribution in [1.29, 1.82) is 0 Å². The summed E-state index contributed by atoms with van der Waals surface area (Å²) in [6, 6.07) is 7.91. The highest BCUT2D eigenvalue weighted by Crippen LogP contribution is 2.28. The first-order valence-corrected chi connectivity index (χ1v) is 6.08. The summed E-state index contributed by atoms with van der Waals surface area (Å²) in [5.74, 6) is -1.53. The number of hydrogen-bond acceptors (Lipinski definition) is 2. The number of aliphatic carboxylic acids is 1. The third-order valence-corrected chi connectivity index (χ3v) is 3.53. The molecule has 2 rings (SSSR count). The van der Waals surface area contributed by atoms with E-state index in [1.54, 1.807) is 4.90 Å². The SMILES string of the molecule is Cc1ccc([C@@H](C)N2C[C@@H](C(=O)O)CC2=O)cc1. The highest BCUT2D eigenvalue weighted by molar-refractivity contribution is 5.86. The molecule has 1 N–H and O–H groups in total. The maximum absolute atomic E-state index is 11.8. The second kappa shape index (κ2) is 4.80. The van der Waals surface area contributed by atoms with E-state index in [4.69, 9.17) is 5.11 Å². The summed E-state index contributed by atoms with van der Waals surface area (Å²) in [6.07, 6.45) is 0.117. The van der Waals surface area contributed by atoms with Gasteiger partial charge in [0.15, 0.2) is 0 Å². The molecule has 1 aromatic carbocycles. The fourth-order valence-corrected chi connectivity index (χ4v) is 2.30. The molecule has 0 saturated carbocycles. The molecule has 0 aliphatic carbocycles. The molecule has 0 radical (unpaired) electrons. The Kier molecular flexibility index (Phi) is 3.36. The van der Waals surface area contributed by atoms with Gasteiger partial charge in [0.1, 0.15) is 0 Å². The molecule has 1 aliphatic heterocycles. The van der Waals surface area contributed by atoms with E-state index in [9.17, 15) is 9.59 Å². The van der Waals surface area contributed by atoms with Gasteiger partial charge in [0.25, 0.3) is 0 Å². The number of rotatable bonds is 3. The number of benzene rings is 1. The van der Waals surface area contributed by atoms with E-state index >= 15 is 0 Å². The van der Waals surface area contributed by atoms with Gasteiger partial charge in [0, 0.05) is 13.0 Å². The van der Waals surface area contributed by atoms with Crippen LogP contribution in [-0.2, 0) is 9.59 Å². The average Bonchev–Trinajstić information content (AvgIpc) is 2.71. The predicted octanol–water partition coefficient (Wildman–Crippen LogP) is 1.99. The van der Waals surface area contributed by atoms with Gasteiger partial charge in [-0.1, -0.05) is 29.8 Å². The number of aryl methyl sites for hydroxylation is 1. The standard InChI is InChI=1S/C14H17NO3/c1-9-3-5-11(6-4-9)10(2)15-8-12(14(17)18)7-13(15)16/h3-6,10,12H,7-8H2,1-2H3,(H,17,18)/t10-,12+/m1/s1. The van der Waals surface area contributed by atoms with Crippen LogP contribution in [0.15, 0.2) is 24.3 Å². The summed E-state index contributed by atoms with van der Waals surface area (Å²) in [5, 5.41) is 8.96. The summed E-state index contributed by atoms with van der Waals surface area (Å²) in [4.78, 5) is 24.4. The summed E-state index contributed by atoms with van der Waals surface area (Å²) in [7, 11) is 0. The summed E-state index contributed by atoms with van der Waals surface area (Å²) >= 11 is 0. The monoisotopic (exact) mass is 247 g/mol. The normalized spacial score (nSPS) is 21.1. The maximum atomic E-state index is 11.8. The van der Waals surface area contributed by atoms with Crippen LogP contribution in [0, 0.1) is 12.8 Å². The molecule has 18 heavy (non-hydrogen) atoms. The number of carboxylic acid groups (broad SMARTS) is 1. The Morgan fingerprint density at radius 1 is 1.39 bits per heavy atom. The van der Waals surface area contributed by atoms with Crippen LogP contribution in [0.4, 0.5) is 0 Å². The minimum Gasteiger partial charge on any atom is -0.481 e. The van der Waals surface area contributed by atoms with E-state index in [0.717, 1.165) is 5.56 Å². The molecule has 1 aliphatic rings. The molecular formula is C14H17NO3. The first-order valence-electron chi connectivity index (χ1n) is 6.08. The molecular weight excluding hydrogens is 230 g/mol. The number of amides is 1. The zero-order chi connectivity index (χ0) is 13.3. The predicted molar refractivity (Wildman–Crippen MR) is 67.0 cm³/mol. The summed E-state index contributed by atoms with van der Waals surface area (Å²) in [6.45, 7) is 4.26. The molecule has 0 unspecified atom stereocenters. The lowest BCUT2D eigenvalue weighted by atomic mass is 10.1. The van der Waals surface area contributed by atoms with Gasteiger partial charge in [-0.2, -0.15) is 0 Å². The molecule has 96 valence electrons. The van der Waals surface area contributed by atoms with Gasteiger partial charge in [-0.25, -0.2) is 0 Å². The van der Waals surface area contributed by atoms with E-state index in [1.165, 1.54) is 5.56 Å². The van der Waals surface area contributed by atoms with E-state index in [0.29, 0.717) is 6.54 Å². The van der Waals surface area contributed by atoms with Crippen molar-refractivity contribution in [3.8, 4) is 0 Å². The van der Waals surface area contributed by atoms with E-state index in [1.807, 2.05) is 38.1 Å². The van der Waals surface area contributed by atoms with Gasteiger partial charge in [0.05, 0.1) is 12.0 Å². The van der Waals surface area contributed by atoms with Gasteiger partial charge in [-0.05, 0) is 19.4 Å². The molecule has 0 spiro atoms. The van der Waals surface area contributed by atoms with Crippen molar-refractivity contribution in [2.75, 3.05) is 6.54 Å². The molecule has 1 saturated heterocycles. The molecule has 4 nitrogen and oxygen atoms in total. The molecule has 1 amide bonds. The zero-order valence-electron chi connectivity index (χ0n) is 10.6. The number of carboxylic acids is 1. The van der Waals surface area contributed by atoms with E-state index in [-0.39, 0.29) is 18.4 Å². The van der Waals surface area contributed by atoms with Crippen molar-refractivity contribution in [2.45, 2.75) is 26.3 Å². The third-order valence-electron chi connectivity index (χ3n) is 3.53. The van der Waals surface area contributed by atoms with Gasteiger partial charge >= 0.3 is 5.97 Å². The molecule has 2 atom stereocenters. The lowest BCUT2D eigenvalue weighted by Crippen LogP contribution is -2.29. The maximum Gasteiger partial charge on any atom is 0.308 e. The number of nitrogens with zero attached hydrogens (tertiary/aromatic N) is 1. The van der Waals surface area contributed by atoms with E-state index < -0.39 is 11.9 Å². The van der Waals surface area contributed by atoms with Crippen LogP contribution in [0.2, 0.25) is 0 Å². The Hall–Kier alpha value is -1.84. The first-order chi connectivity index (χ1) is 8.49. The summed E-state index contributed by atoms with van der Waals surface area (Å²) in [5.41, 5.74) is 2.21. The number of carbonyl (C=O) groups is 2. The number of likely N-dealkylation sites (tertiary alicyclic amines) is 1. The Morgan fingerprint density at radius 3 is 2.50 bits per heavy atom. The highest BCUT2D eigenvalue weighted by Gasteiger charge is 2.36. The lowest BCUT2D eigenvalue weighted by Gasteiger charge is -2.25. The number of carbonyl (C=O) groups excluding carboxylic acids is 1. The lowest BCUT2D eigenvalue weighted by molar-refractivity contribution is -0.141. The molecule has 1 heterocycles. The fraction of sp³-hybridized carbons (Fsp3) is 0.429. The minimum atomic E-state index is -0.887. The van der Waals surface area contributed by atoms with Crippen molar-refractivity contribution in [2.24, 2.45) is 5.92 Å². The second-order valence-electron chi connectivity index (χ2n) is 4.87. The Labute approximate surface area is 106 Å². The van der Waals surface area contributed by atoms with E-state index in [2.05, 4.69) is 0 Å². The number of hydrogen-bond donors (Lipinski definition) is 1. The van der Waals surface area contributed by atoms with Gasteiger partial charge < -0.3 is 10.0 Å². The van der Waals surface area contributed by atoms with Gasteiger partial charge in [-0.15, -0.1) is 0 Å². The zero-order valence-corrected chi connectivity index (χ0v) is 10.6. The Balaban J connectivity index is 2.14. The summed E-state index contributed by atoms with van der Waals surface area (Å²) < 4.78 is 0. The fourth-order valence-electron chi connectivity index (χ4n) is 2.30. The Morgan fingerprint density at radius 2 is 2.00 bits per heavy atom. The highest BCUT2D eigenvalue weighted by atomic mass is 16.4. The van der Waals surface area contributed by atoms with Crippen LogP contribution in [-0.4, -0.2) is 28.4 Å². The van der Waals surface area contributed by atoms with Crippen LogP contribution in [0.3, 0.4) is 0 Å². The Bertz CT molecular complexity index is 466. The van der Waals surface area contributed by atoms with Crippen molar-refractivity contribution < 1.29 is 14.7 Å². The van der Waals surface area contributed by atoms with Crippen LogP contribution >= 0.6 is 0 Å². The molecule has 4 heteroatoms. The van der Waals surface area contributed by atoms with Crippen LogP contribution in [0.25, 0.3) is 0 Å². The first kappa shape index (κ1) is 12.6. The second-order valence-corrected chi connectivity index (χ2v) is 4.87. The largest absolute Gasteiger partial charge is 0.481 e. The van der Waals surface area contributed by atoms with Crippen LogP contribution in [0.5, 0.6) is 0 Å². The smallest absolute Gasteiger partial charge is 0.308 e. The quantitative estimate of drug-likeness (QED) is 0.888. The van der Waals surface area contributed by atoms with Crippen molar-refractivity contribution in [3.63, 3.8) is 0 Å². The molecule has 0 aromatic heterocycles. The molecule has 1 aromatic rings. The van der Waals surface area contributed by atoms with Crippen LogP contribution in [0.1, 0.15) is 30.5 Å². The molecule has 0 bridgehead atoms. The van der Waals surface area contributed by atoms with Crippen LogP contribution < -0.4 is 0 Å². The average molecular weight is 247 g/mol. The topological polar surface area (TPSA) is 57.6 Å². The third kappa shape index (κ3) is 2.37. The minimum absolute atomic E-state index is 0.0672. The van der Waals surface area contributed by atoms with Crippen molar-refractivity contribution in [1.82, 2.24) is 4.90 Å². The molecule has 1 fully saturated rings. The van der Waals surface area contributed by atoms with Gasteiger partial charge in [0.2, 0.25) is 5.91 Å². The van der Waals surface area contributed by atoms with Crippen molar-refractivity contribution >= 4 is 11.9 Å². The van der Waals surface area contributed by atoms with Gasteiger partial charge in [-0.3, -0.25) is 9.59 Å². The van der Waals surface area contributed by atoms with Crippen molar-refractivity contribution in [3.05, 3.63) is 35.4 Å².